The summed E-state index contributed by atoms with van der Waals surface area (Å²) < 4.78 is 20.1. The number of halogens is 1. The lowest BCUT2D eigenvalue weighted by Crippen LogP contribution is -1.97. The lowest BCUT2D eigenvalue weighted by molar-refractivity contribution is 0.400. The van der Waals surface area contributed by atoms with Crippen molar-refractivity contribution in [2.45, 2.75) is 20.8 Å². The molecule has 0 spiro atoms. The van der Waals surface area contributed by atoms with E-state index in [2.05, 4.69) is 9.97 Å². The number of aryl methyl sites for hydroxylation is 1. The number of imidazole rings is 1. The average Bonchev–Trinajstić information content (AvgIpc) is 2.93. The highest BCUT2D eigenvalue weighted by Gasteiger charge is 2.11. The fraction of sp³-hybridized carbons (Fsp3) is 0.250. The molecule has 0 bridgehead atoms. The largest absolute Gasteiger partial charge is 0.479 e. The summed E-state index contributed by atoms with van der Waals surface area (Å²) in [6.07, 6.45) is 3.58. The normalized spacial score (nSPS) is 10.1. The van der Waals surface area contributed by atoms with Crippen molar-refractivity contribution in [1.29, 1.82) is 0 Å². The number of nitrogens with zero attached hydrogens (tertiary/aromatic N) is 3. The van der Waals surface area contributed by atoms with Gasteiger partial charge in [0.05, 0.1) is 19.0 Å². The SMILES string of the molecule is CC.COc1nc(C)cn2c(-c3ccc(F)cc3)ncc12. The lowest BCUT2D eigenvalue weighted by atomic mass is 10.2. The van der Waals surface area contributed by atoms with Crippen LogP contribution in [0.15, 0.2) is 36.7 Å². The average molecular weight is 287 g/mol. The first-order valence-electron chi connectivity index (χ1n) is 6.83. The number of methoxy groups -OCH3 is 1. The predicted molar refractivity (Wildman–Crippen MR) is 81.0 cm³/mol. The van der Waals surface area contributed by atoms with Crippen molar-refractivity contribution >= 4 is 5.52 Å². The fourth-order valence-corrected chi connectivity index (χ4v) is 2.05. The zero-order valence-electron chi connectivity index (χ0n) is 12.6. The Hall–Kier alpha value is -2.43. The molecule has 0 aliphatic rings. The maximum Gasteiger partial charge on any atom is 0.239 e. The van der Waals surface area contributed by atoms with Gasteiger partial charge in [-0.2, -0.15) is 0 Å². The molecule has 3 aromatic rings. The van der Waals surface area contributed by atoms with Crippen molar-refractivity contribution < 1.29 is 9.13 Å². The maximum absolute atomic E-state index is 13.0. The minimum atomic E-state index is -0.264. The fourth-order valence-electron chi connectivity index (χ4n) is 2.05. The molecule has 21 heavy (non-hydrogen) atoms. The second-order valence-corrected chi connectivity index (χ2v) is 4.24. The van der Waals surface area contributed by atoms with E-state index in [9.17, 15) is 4.39 Å². The molecular formula is C16H18FN3O. The third-order valence-electron chi connectivity index (χ3n) is 2.91. The Morgan fingerprint density at radius 1 is 1.14 bits per heavy atom. The Morgan fingerprint density at radius 3 is 2.43 bits per heavy atom. The maximum atomic E-state index is 13.0. The molecule has 0 aliphatic heterocycles. The van der Waals surface area contributed by atoms with Crippen LogP contribution in [-0.2, 0) is 0 Å². The van der Waals surface area contributed by atoms with Gasteiger partial charge in [0.15, 0.2) is 0 Å². The molecular weight excluding hydrogens is 269 g/mol. The third kappa shape index (κ3) is 2.86. The van der Waals surface area contributed by atoms with Gasteiger partial charge in [0, 0.05) is 11.8 Å². The molecule has 0 N–H and O–H groups in total. The van der Waals surface area contributed by atoms with E-state index in [4.69, 9.17) is 4.74 Å². The van der Waals surface area contributed by atoms with Gasteiger partial charge in [0.1, 0.15) is 17.2 Å². The number of benzene rings is 1. The van der Waals surface area contributed by atoms with Crippen LogP contribution < -0.4 is 4.74 Å². The second kappa shape index (κ2) is 6.35. The Bertz CT molecular complexity index is 735. The van der Waals surface area contributed by atoms with Crippen LogP contribution >= 0.6 is 0 Å². The van der Waals surface area contributed by atoms with Gasteiger partial charge < -0.3 is 4.74 Å². The molecule has 3 rings (SSSR count). The van der Waals surface area contributed by atoms with Crippen molar-refractivity contribution in [3.8, 4) is 17.3 Å². The molecule has 2 heterocycles. The van der Waals surface area contributed by atoms with Gasteiger partial charge in [-0.05, 0) is 31.2 Å². The highest BCUT2D eigenvalue weighted by molar-refractivity contribution is 5.65. The van der Waals surface area contributed by atoms with Crippen LogP contribution in [0.2, 0.25) is 0 Å². The minimum absolute atomic E-state index is 0.264. The van der Waals surface area contributed by atoms with Crippen LogP contribution in [0.25, 0.3) is 16.9 Å². The molecule has 0 saturated heterocycles. The molecule has 2 aromatic heterocycles. The quantitative estimate of drug-likeness (QED) is 0.718. The van der Waals surface area contributed by atoms with E-state index in [1.54, 1.807) is 25.4 Å². The van der Waals surface area contributed by atoms with Crippen LogP contribution in [0.1, 0.15) is 19.5 Å². The van der Waals surface area contributed by atoms with Gasteiger partial charge in [-0.25, -0.2) is 14.4 Å². The van der Waals surface area contributed by atoms with Crippen molar-refractivity contribution in [3.63, 3.8) is 0 Å². The van der Waals surface area contributed by atoms with Gasteiger partial charge in [-0.1, -0.05) is 13.8 Å². The van der Waals surface area contributed by atoms with Crippen LogP contribution in [-0.4, -0.2) is 21.5 Å². The molecule has 0 unspecified atom stereocenters. The minimum Gasteiger partial charge on any atom is -0.479 e. The topological polar surface area (TPSA) is 39.4 Å². The van der Waals surface area contributed by atoms with Crippen LogP contribution in [0.4, 0.5) is 4.39 Å². The molecule has 0 radical (unpaired) electrons. The van der Waals surface area contributed by atoms with E-state index >= 15 is 0 Å². The van der Waals surface area contributed by atoms with Crippen LogP contribution in [0.5, 0.6) is 5.88 Å². The van der Waals surface area contributed by atoms with Gasteiger partial charge in [-0.3, -0.25) is 4.40 Å². The second-order valence-electron chi connectivity index (χ2n) is 4.24. The summed E-state index contributed by atoms with van der Waals surface area (Å²) in [5.41, 5.74) is 2.45. The van der Waals surface area contributed by atoms with E-state index < -0.39 is 0 Å². The van der Waals surface area contributed by atoms with Gasteiger partial charge in [0.25, 0.3) is 0 Å². The van der Waals surface area contributed by atoms with Gasteiger partial charge >= 0.3 is 0 Å². The summed E-state index contributed by atoms with van der Waals surface area (Å²) in [6.45, 7) is 5.89. The summed E-state index contributed by atoms with van der Waals surface area (Å²) in [7, 11) is 1.58. The first kappa shape index (κ1) is 15.0. The predicted octanol–water partition coefficient (Wildman–Crippen LogP) is 3.88. The number of hydrogen-bond acceptors (Lipinski definition) is 3. The van der Waals surface area contributed by atoms with Gasteiger partial charge in [-0.15, -0.1) is 0 Å². The highest BCUT2D eigenvalue weighted by atomic mass is 19.1. The summed E-state index contributed by atoms with van der Waals surface area (Å²) in [5, 5.41) is 0. The highest BCUT2D eigenvalue weighted by Crippen LogP contribution is 2.24. The molecule has 110 valence electrons. The number of aromatic nitrogens is 3. The van der Waals surface area contributed by atoms with Crippen LogP contribution in [0, 0.1) is 12.7 Å². The Labute approximate surface area is 123 Å². The van der Waals surface area contributed by atoms with Crippen molar-refractivity contribution in [2.75, 3.05) is 7.11 Å². The molecule has 0 aliphatic carbocycles. The Balaban J connectivity index is 0.000000774. The van der Waals surface area contributed by atoms with Gasteiger partial charge in [0.2, 0.25) is 5.88 Å². The number of ether oxygens (including phenoxy) is 1. The van der Waals surface area contributed by atoms with Crippen molar-refractivity contribution in [3.05, 3.63) is 48.2 Å². The van der Waals surface area contributed by atoms with E-state index in [0.717, 1.165) is 22.6 Å². The van der Waals surface area contributed by atoms with Crippen molar-refractivity contribution in [1.82, 2.24) is 14.4 Å². The lowest BCUT2D eigenvalue weighted by Gasteiger charge is -2.06. The summed E-state index contributed by atoms with van der Waals surface area (Å²) in [5.74, 6) is 1.000. The zero-order chi connectivity index (χ0) is 15.4. The van der Waals surface area contributed by atoms with E-state index in [1.165, 1.54) is 12.1 Å². The summed E-state index contributed by atoms with van der Waals surface area (Å²) in [6, 6.07) is 6.24. The van der Waals surface area contributed by atoms with E-state index in [0.29, 0.717) is 5.88 Å². The van der Waals surface area contributed by atoms with E-state index in [1.807, 2.05) is 31.4 Å². The molecule has 5 heteroatoms. The molecule has 4 nitrogen and oxygen atoms in total. The first-order valence-corrected chi connectivity index (χ1v) is 6.83. The molecule has 0 fully saturated rings. The van der Waals surface area contributed by atoms with Crippen LogP contribution in [0.3, 0.4) is 0 Å². The summed E-state index contributed by atoms with van der Waals surface area (Å²) in [4.78, 5) is 8.66. The molecule has 0 atom stereocenters. The Kier molecular flexibility index (Phi) is 4.52. The molecule has 1 aromatic carbocycles. The monoisotopic (exact) mass is 287 g/mol. The Morgan fingerprint density at radius 2 is 1.81 bits per heavy atom. The smallest absolute Gasteiger partial charge is 0.239 e. The standard InChI is InChI=1S/C14H12FN3O.C2H6/c1-9-8-18-12(14(17-9)19-2)7-16-13(18)10-3-5-11(15)6-4-10;1-2/h3-8H,1-2H3;1-2H3. The number of rotatable bonds is 2. The summed E-state index contributed by atoms with van der Waals surface area (Å²) >= 11 is 0. The molecule has 0 saturated carbocycles. The number of hydrogen-bond donors (Lipinski definition) is 0. The third-order valence-corrected chi connectivity index (χ3v) is 2.91. The van der Waals surface area contributed by atoms with Crippen molar-refractivity contribution in [2.24, 2.45) is 0 Å². The first-order chi connectivity index (χ1) is 10.2. The van der Waals surface area contributed by atoms with E-state index in [-0.39, 0.29) is 5.82 Å². The zero-order valence-corrected chi connectivity index (χ0v) is 12.6. The number of fused-ring (bicyclic) bond motifs is 1. The molecule has 0 amide bonds.